The summed E-state index contributed by atoms with van der Waals surface area (Å²) in [6, 6.07) is 12.0. The van der Waals surface area contributed by atoms with Crippen molar-refractivity contribution in [1.29, 1.82) is 0 Å². The zero-order chi connectivity index (χ0) is 20.3. The number of hydrogen-bond donors (Lipinski definition) is 2. The van der Waals surface area contributed by atoms with E-state index in [4.69, 9.17) is 15.2 Å². The molecule has 3 rings (SSSR count). The number of hydrogen-bond acceptors (Lipinski definition) is 5. The molecule has 9 heteroatoms. The number of rotatable bonds is 6. The van der Waals surface area contributed by atoms with Gasteiger partial charge in [-0.15, -0.1) is 0 Å². The van der Waals surface area contributed by atoms with E-state index < -0.39 is 17.7 Å². The number of ether oxygens (including phenoxy) is 2. The van der Waals surface area contributed by atoms with Gasteiger partial charge in [0.15, 0.2) is 18.1 Å². The van der Waals surface area contributed by atoms with Crippen LogP contribution in [0.5, 0.6) is 11.5 Å². The van der Waals surface area contributed by atoms with E-state index in [1.807, 2.05) is 0 Å². The molecule has 2 aromatic rings. The van der Waals surface area contributed by atoms with Gasteiger partial charge in [0.05, 0.1) is 12.8 Å². The van der Waals surface area contributed by atoms with Crippen LogP contribution in [0.15, 0.2) is 52.5 Å². The Morgan fingerprint density at radius 3 is 2.61 bits per heavy atom. The van der Waals surface area contributed by atoms with E-state index in [0.29, 0.717) is 21.5 Å². The number of anilines is 1. The van der Waals surface area contributed by atoms with Crippen molar-refractivity contribution in [2.24, 2.45) is 5.73 Å². The summed E-state index contributed by atoms with van der Waals surface area (Å²) in [7, 11) is 1.43. The van der Waals surface area contributed by atoms with Gasteiger partial charge in [-0.1, -0.05) is 34.1 Å². The third-order valence-electron chi connectivity index (χ3n) is 3.83. The Hall–Kier alpha value is -3.33. The van der Waals surface area contributed by atoms with Gasteiger partial charge in [0, 0.05) is 10.0 Å². The molecule has 1 fully saturated rings. The van der Waals surface area contributed by atoms with Crippen LogP contribution >= 0.6 is 15.9 Å². The van der Waals surface area contributed by atoms with Crippen LogP contribution < -0.4 is 25.6 Å². The molecule has 28 heavy (non-hydrogen) atoms. The van der Waals surface area contributed by atoms with Crippen molar-refractivity contribution in [2.45, 2.75) is 0 Å². The van der Waals surface area contributed by atoms with Crippen LogP contribution in [0, 0.1) is 0 Å². The Morgan fingerprint density at radius 2 is 1.96 bits per heavy atom. The second kappa shape index (κ2) is 8.13. The lowest BCUT2D eigenvalue weighted by Gasteiger charge is -2.14. The Bertz CT molecular complexity index is 975. The molecule has 3 N–H and O–H groups in total. The number of primary amides is 1. The first-order valence-electron chi connectivity index (χ1n) is 8.11. The third kappa shape index (κ3) is 3.99. The van der Waals surface area contributed by atoms with Crippen LogP contribution in [-0.2, 0) is 14.4 Å². The third-order valence-corrected chi connectivity index (χ3v) is 4.29. The molecule has 0 unspecified atom stereocenters. The number of nitrogens with one attached hydrogen (secondary N) is 1. The van der Waals surface area contributed by atoms with Gasteiger partial charge >= 0.3 is 0 Å². The highest BCUT2D eigenvalue weighted by atomic mass is 79.9. The monoisotopic (exact) mass is 445 g/mol. The molecule has 8 nitrogen and oxygen atoms in total. The van der Waals surface area contributed by atoms with Crippen molar-refractivity contribution < 1.29 is 23.9 Å². The van der Waals surface area contributed by atoms with Gasteiger partial charge in [-0.05, 0) is 30.3 Å². The lowest BCUT2D eigenvalue weighted by Crippen LogP contribution is -2.35. The zero-order valence-corrected chi connectivity index (χ0v) is 16.4. The van der Waals surface area contributed by atoms with Crippen molar-refractivity contribution in [3.63, 3.8) is 0 Å². The molecular weight excluding hydrogens is 430 g/mol. The number of benzene rings is 2. The fourth-order valence-electron chi connectivity index (χ4n) is 2.62. The number of carbonyl (C=O) groups is 3. The fraction of sp³-hybridized carbons (Fsp3) is 0.105. The second-order valence-electron chi connectivity index (χ2n) is 5.76. The predicted molar refractivity (Wildman–Crippen MR) is 105 cm³/mol. The van der Waals surface area contributed by atoms with Crippen LogP contribution in [0.25, 0.3) is 6.08 Å². The Kier molecular flexibility index (Phi) is 5.65. The first-order chi connectivity index (χ1) is 13.4. The van der Waals surface area contributed by atoms with Crippen LogP contribution in [0.1, 0.15) is 5.56 Å². The van der Waals surface area contributed by atoms with Crippen molar-refractivity contribution in [2.75, 3.05) is 18.7 Å². The van der Waals surface area contributed by atoms with Crippen molar-refractivity contribution in [3.8, 4) is 11.5 Å². The lowest BCUT2D eigenvalue weighted by molar-refractivity contribution is -0.120. The van der Waals surface area contributed by atoms with Gasteiger partial charge in [0.25, 0.3) is 17.7 Å². The second-order valence-corrected chi connectivity index (χ2v) is 6.67. The van der Waals surface area contributed by atoms with Crippen LogP contribution in [0.3, 0.4) is 0 Å². The summed E-state index contributed by atoms with van der Waals surface area (Å²) >= 11 is 3.34. The molecule has 144 valence electrons. The summed E-state index contributed by atoms with van der Waals surface area (Å²) in [5, 5.41) is 1.16. The molecule has 3 amide bonds. The van der Waals surface area contributed by atoms with Gasteiger partial charge in [-0.3, -0.25) is 19.8 Å². The highest BCUT2D eigenvalue weighted by molar-refractivity contribution is 9.10. The number of halogens is 1. The number of methoxy groups -OCH3 is 1. The van der Waals surface area contributed by atoms with Crippen LogP contribution in [0.4, 0.5) is 5.69 Å². The molecule has 1 saturated heterocycles. The standard InChI is InChI=1S/C19H16BrN3O5/c1-27-15-9-12(20)7-11(17(15)28-10-16(21)24)8-14-18(25)22-23(19(14)26)13-5-3-2-4-6-13/h2-9H,10H2,1H3,(H2,21,24)(H,22,25)/b14-8-. The molecule has 0 radical (unpaired) electrons. The highest BCUT2D eigenvalue weighted by Crippen LogP contribution is 2.36. The van der Waals surface area contributed by atoms with Gasteiger partial charge in [0.1, 0.15) is 5.57 Å². The normalized spacial score (nSPS) is 14.9. The van der Waals surface area contributed by atoms with E-state index in [1.165, 1.54) is 13.2 Å². The summed E-state index contributed by atoms with van der Waals surface area (Å²) in [4.78, 5) is 36.2. The van der Waals surface area contributed by atoms with Crippen LogP contribution in [0.2, 0.25) is 0 Å². The summed E-state index contributed by atoms with van der Waals surface area (Å²) in [5.41, 5.74) is 8.48. The number of carbonyl (C=O) groups excluding carboxylic acids is 3. The van der Waals surface area contributed by atoms with E-state index in [-0.39, 0.29) is 17.9 Å². The molecule has 1 heterocycles. The average molecular weight is 446 g/mol. The summed E-state index contributed by atoms with van der Waals surface area (Å²) < 4.78 is 11.4. The van der Waals surface area contributed by atoms with Gasteiger partial charge in [-0.25, -0.2) is 5.01 Å². The summed E-state index contributed by atoms with van der Waals surface area (Å²) in [6.45, 7) is -0.384. The van der Waals surface area contributed by atoms with Crippen molar-refractivity contribution >= 4 is 45.4 Å². The molecule has 0 saturated carbocycles. The maximum atomic E-state index is 12.8. The van der Waals surface area contributed by atoms with E-state index in [9.17, 15) is 14.4 Å². The van der Waals surface area contributed by atoms with Gasteiger partial charge in [0.2, 0.25) is 0 Å². The smallest absolute Gasteiger partial charge is 0.282 e. The minimum absolute atomic E-state index is 0.0899. The molecule has 0 atom stereocenters. The van der Waals surface area contributed by atoms with E-state index in [1.54, 1.807) is 42.5 Å². The average Bonchev–Trinajstić information content (AvgIpc) is 2.95. The van der Waals surface area contributed by atoms with Crippen molar-refractivity contribution in [1.82, 2.24) is 5.43 Å². The number of hydrazine groups is 1. The quantitative estimate of drug-likeness (QED) is 0.519. The number of amides is 3. The summed E-state index contributed by atoms with van der Waals surface area (Å²) in [5.74, 6) is -1.25. The Morgan fingerprint density at radius 1 is 1.25 bits per heavy atom. The van der Waals surface area contributed by atoms with Crippen molar-refractivity contribution in [3.05, 3.63) is 58.1 Å². The van der Waals surface area contributed by atoms with E-state index in [0.717, 1.165) is 5.01 Å². The Balaban J connectivity index is 2.02. The van der Waals surface area contributed by atoms with E-state index in [2.05, 4.69) is 21.4 Å². The SMILES string of the molecule is COc1cc(Br)cc(/C=C2/C(=O)NN(c3ccccc3)C2=O)c1OCC(N)=O. The Labute approximate surface area is 169 Å². The number of nitrogens with zero attached hydrogens (tertiary/aromatic N) is 1. The molecular formula is C19H16BrN3O5. The van der Waals surface area contributed by atoms with Gasteiger partial charge < -0.3 is 15.2 Å². The molecule has 0 aliphatic carbocycles. The number of para-hydroxylation sites is 1. The molecule has 1 aliphatic rings. The maximum absolute atomic E-state index is 12.8. The molecule has 2 aromatic carbocycles. The lowest BCUT2D eigenvalue weighted by atomic mass is 10.1. The fourth-order valence-corrected chi connectivity index (χ4v) is 3.07. The topological polar surface area (TPSA) is 111 Å². The van der Waals surface area contributed by atoms with E-state index >= 15 is 0 Å². The summed E-state index contributed by atoms with van der Waals surface area (Å²) in [6.07, 6.45) is 1.38. The minimum Gasteiger partial charge on any atom is -0.493 e. The molecule has 0 spiro atoms. The maximum Gasteiger partial charge on any atom is 0.282 e. The molecule has 0 aromatic heterocycles. The minimum atomic E-state index is -0.673. The largest absolute Gasteiger partial charge is 0.493 e. The first kappa shape index (κ1) is 19.4. The number of nitrogens with two attached hydrogens (primary N) is 1. The highest BCUT2D eigenvalue weighted by Gasteiger charge is 2.34. The molecule has 1 aliphatic heterocycles. The first-order valence-corrected chi connectivity index (χ1v) is 8.91. The van der Waals surface area contributed by atoms with Crippen LogP contribution in [-0.4, -0.2) is 31.4 Å². The molecule has 0 bridgehead atoms. The van der Waals surface area contributed by atoms with Gasteiger partial charge in [-0.2, -0.15) is 0 Å². The zero-order valence-electron chi connectivity index (χ0n) is 14.8. The predicted octanol–water partition coefficient (Wildman–Crippen LogP) is 1.78.